The highest BCUT2D eigenvalue weighted by Crippen LogP contribution is 2.22. The highest BCUT2D eigenvalue weighted by Gasteiger charge is 2.27. The molecular formula is C19H21FN2O2. The first kappa shape index (κ1) is 16.4. The summed E-state index contributed by atoms with van der Waals surface area (Å²) in [6, 6.07) is 9.60. The summed E-state index contributed by atoms with van der Waals surface area (Å²) in [6.07, 6.45) is 5.29. The quantitative estimate of drug-likeness (QED) is 0.869. The second kappa shape index (κ2) is 6.99. The lowest BCUT2D eigenvalue weighted by atomic mass is 9.95. The minimum Gasteiger partial charge on any atom is -0.335 e. The van der Waals surface area contributed by atoms with Crippen molar-refractivity contribution < 1.29 is 9.18 Å². The van der Waals surface area contributed by atoms with Crippen LogP contribution in [0.3, 0.4) is 0 Å². The Hall–Kier alpha value is -2.43. The number of aryl methyl sites for hydroxylation is 1. The van der Waals surface area contributed by atoms with Crippen LogP contribution in [0.4, 0.5) is 4.39 Å². The molecule has 1 amide bonds. The van der Waals surface area contributed by atoms with Crippen molar-refractivity contribution >= 4 is 5.91 Å². The van der Waals surface area contributed by atoms with Crippen molar-refractivity contribution in [2.45, 2.75) is 31.7 Å². The third-order valence-electron chi connectivity index (χ3n) is 4.62. The number of carbonyl (C=O) groups is 1. The molecule has 1 aliphatic heterocycles. The van der Waals surface area contributed by atoms with Crippen molar-refractivity contribution in [3.05, 3.63) is 69.9 Å². The van der Waals surface area contributed by atoms with E-state index >= 15 is 0 Å². The van der Waals surface area contributed by atoms with Crippen LogP contribution in [-0.2, 0) is 13.5 Å². The summed E-state index contributed by atoms with van der Waals surface area (Å²) in [7, 11) is 1.66. The molecule has 0 saturated carbocycles. The van der Waals surface area contributed by atoms with E-state index in [4.69, 9.17) is 0 Å². The molecule has 24 heavy (non-hydrogen) atoms. The van der Waals surface area contributed by atoms with E-state index in [1.54, 1.807) is 31.4 Å². The molecule has 126 valence electrons. The average Bonchev–Trinajstić information content (AvgIpc) is 2.59. The maximum Gasteiger partial charge on any atom is 0.254 e. The Bertz CT molecular complexity index is 783. The number of nitrogens with zero attached hydrogens (tertiary/aromatic N) is 2. The molecule has 1 atom stereocenters. The van der Waals surface area contributed by atoms with E-state index in [2.05, 4.69) is 0 Å². The number of halogens is 1. The Balaban J connectivity index is 1.80. The molecule has 0 spiro atoms. The average molecular weight is 328 g/mol. The van der Waals surface area contributed by atoms with Crippen LogP contribution in [0.1, 0.15) is 35.2 Å². The van der Waals surface area contributed by atoms with Gasteiger partial charge in [0.1, 0.15) is 5.82 Å². The van der Waals surface area contributed by atoms with E-state index in [9.17, 15) is 14.0 Å². The Morgan fingerprint density at radius 3 is 2.67 bits per heavy atom. The van der Waals surface area contributed by atoms with Crippen LogP contribution in [0.2, 0.25) is 0 Å². The number of rotatable bonds is 3. The zero-order chi connectivity index (χ0) is 17.1. The van der Waals surface area contributed by atoms with E-state index in [0.29, 0.717) is 18.5 Å². The number of hydrogen-bond donors (Lipinski definition) is 0. The third kappa shape index (κ3) is 3.55. The van der Waals surface area contributed by atoms with Gasteiger partial charge in [-0.2, -0.15) is 0 Å². The van der Waals surface area contributed by atoms with Crippen LogP contribution in [0.15, 0.2) is 47.4 Å². The summed E-state index contributed by atoms with van der Waals surface area (Å²) in [5, 5.41) is 0. The van der Waals surface area contributed by atoms with Gasteiger partial charge in [-0.15, -0.1) is 0 Å². The normalized spacial score (nSPS) is 17.8. The molecule has 2 aromatic rings. The van der Waals surface area contributed by atoms with Crippen LogP contribution < -0.4 is 5.56 Å². The van der Waals surface area contributed by atoms with Gasteiger partial charge in [0.05, 0.1) is 0 Å². The van der Waals surface area contributed by atoms with Crippen molar-refractivity contribution in [3.8, 4) is 0 Å². The fourth-order valence-corrected chi connectivity index (χ4v) is 3.22. The van der Waals surface area contributed by atoms with Crippen molar-refractivity contribution in [1.29, 1.82) is 0 Å². The van der Waals surface area contributed by atoms with Crippen LogP contribution in [0.5, 0.6) is 0 Å². The maximum absolute atomic E-state index is 13.1. The number of benzene rings is 1. The zero-order valence-corrected chi connectivity index (χ0v) is 13.7. The predicted octanol–water partition coefficient (Wildman–Crippen LogP) is 2.76. The molecule has 0 aliphatic carbocycles. The monoisotopic (exact) mass is 328 g/mol. The Morgan fingerprint density at radius 2 is 1.96 bits per heavy atom. The highest BCUT2D eigenvalue weighted by atomic mass is 19.1. The predicted molar refractivity (Wildman–Crippen MR) is 90.5 cm³/mol. The summed E-state index contributed by atoms with van der Waals surface area (Å²) >= 11 is 0. The van der Waals surface area contributed by atoms with Gasteiger partial charge in [0, 0.05) is 37.5 Å². The second-order valence-corrected chi connectivity index (χ2v) is 6.34. The second-order valence-electron chi connectivity index (χ2n) is 6.34. The summed E-state index contributed by atoms with van der Waals surface area (Å²) in [6.45, 7) is 0.694. The van der Waals surface area contributed by atoms with E-state index in [-0.39, 0.29) is 23.3 Å². The lowest BCUT2D eigenvalue weighted by Crippen LogP contribution is -2.45. The molecule has 2 heterocycles. The van der Waals surface area contributed by atoms with Crippen LogP contribution in [-0.4, -0.2) is 28.0 Å². The molecule has 4 nitrogen and oxygen atoms in total. The fraction of sp³-hybridized carbons (Fsp3) is 0.368. The van der Waals surface area contributed by atoms with E-state index < -0.39 is 0 Å². The van der Waals surface area contributed by atoms with E-state index in [0.717, 1.165) is 24.8 Å². The Kier molecular flexibility index (Phi) is 4.79. The van der Waals surface area contributed by atoms with Gasteiger partial charge in [-0.25, -0.2) is 4.39 Å². The Morgan fingerprint density at radius 1 is 1.21 bits per heavy atom. The number of hydrogen-bond acceptors (Lipinski definition) is 2. The summed E-state index contributed by atoms with van der Waals surface area (Å²) in [5.74, 6) is -0.352. The molecule has 3 rings (SSSR count). The number of aromatic nitrogens is 1. The van der Waals surface area contributed by atoms with Gasteiger partial charge in [-0.05, 0) is 49.4 Å². The van der Waals surface area contributed by atoms with Gasteiger partial charge in [-0.1, -0.05) is 12.1 Å². The number of carbonyl (C=O) groups excluding carboxylic acids is 1. The first-order valence-electron chi connectivity index (χ1n) is 8.27. The van der Waals surface area contributed by atoms with Crippen molar-refractivity contribution in [3.63, 3.8) is 0 Å². The van der Waals surface area contributed by atoms with Crippen molar-refractivity contribution in [2.75, 3.05) is 6.54 Å². The standard InChI is InChI=1S/C19H21FN2O2/c1-21-11-9-15(13-18(21)23)19(24)22-10-3-2-4-17(22)12-14-5-7-16(20)8-6-14/h5-9,11,13,17H,2-4,10,12H2,1H3/t17-/m1/s1. The smallest absolute Gasteiger partial charge is 0.254 e. The summed E-state index contributed by atoms with van der Waals surface area (Å²) in [4.78, 5) is 26.5. The van der Waals surface area contributed by atoms with Gasteiger partial charge in [0.15, 0.2) is 0 Å². The summed E-state index contributed by atoms with van der Waals surface area (Å²) < 4.78 is 14.5. The van der Waals surface area contributed by atoms with Crippen molar-refractivity contribution in [2.24, 2.45) is 7.05 Å². The number of pyridine rings is 1. The molecule has 1 aromatic heterocycles. The molecule has 0 N–H and O–H groups in total. The van der Waals surface area contributed by atoms with Crippen LogP contribution in [0, 0.1) is 5.82 Å². The molecule has 1 fully saturated rings. The van der Waals surface area contributed by atoms with E-state index in [1.165, 1.54) is 22.8 Å². The molecule has 0 unspecified atom stereocenters. The number of piperidine rings is 1. The van der Waals surface area contributed by atoms with Gasteiger partial charge in [0.25, 0.3) is 11.5 Å². The maximum atomic E-state index is 13.1. The highest BCUT2D eigenvalue weighted by molar-refractivity contribution is 5.94. The Labute approximate surface area is 140 Å². The lowest BCUT2D eigenvalue weighted by Gasteiger charge is -2.36. The largest absolute Gasteiger partial charge is 0.335 e. The topological polar surface area (TPSA) is 42.3 Å². The summed E-state index contributed by atoms with van der Waals surface area (Å²) in [5.41, 5.74) is 1.27. The molecule has 5 heteroatoms. The number of likely N-dealkylation sites (tertiary alicyclic amines) is 1. The van der Waals surface area contributed by atoms with Crippen LogP contribution >= 0.6 is 0 Å². The molecule has 1 saturated heterocycles. The van der Waals surface area contributed by atoms with Gasteiger partial charge in [0.2, 0.25) is 0 Å². The van der Waals surface area contributed by atoms with Gasteiger partial charge >= 0.3 is 0 Å². The fourth-order valence-electron chi connectivity index (χ4n) is 3.22. The molecule has 0 bridgehead atoms. The first-order valence-corrected chi connectivity index (χ1v) is 8.27. The van der Waals surface area contributed by atoms with E-state index in [1.807, 2.05) is 4.90 Å². The lowest BCUT2D eigenvalue weighted by molar-refractivity contribution is 0.0613. The minimum absolute atomic E-state index is 0.0840. The number of amides is 1. The SMILES string of the molecule is Cn1ccc(C(=O)N2CCCC[C@@H]2Cc2ccc(F)cc2)cc1=O. The zero-order valence-electron chi connectivity index (χ0n) is 13.7. The van der Waals surface area contributed by atoms with Crippen LogP contribution in [0.25, 0.3) is 0 Å². The molecule has 0 radical (unpaired) electrons. The molecular weight excluding hydrogens is 307 g/mol. The third-order valence-corrected chi connectivity index (χ3v) is 4.62. The minimum atomic E-state index is -0.254. The first-order chi connectivity index (χ1) is 11.5. The van der Waals surface area contributed by atoms with Gasteiger partial charge < -0.3 is 9.47 Å². The molecule has 1 aliphatic rings. The van der Waals surface area contributed by atoms with Crippen molar-refractivity contribution in [1.82, 2.24) is 9.47 Å². The van der Waals surface area contributed by atoms with Gasteiger partial charge in [-0.3, -0.25) is 9.59 Å². The molecule has 1 aromatic carbocycles.